The summed E-state index contributed by atoms with van der Waals surface area (Å²) in [4.78, 5) is 25.4. The van der Waals surface area contributed by atoms with E-state index in [0.717, 1.165) is 12.8 Å². The molecule has 0 aliphatic carbocycles. The number of methoxy groups -OCH3 is 1. The van der Waals surface area contributed by atoms with E-state index < -0.39 is 33.7 Å². The second kappa shape index (κ2) is 7.86. The third-order valence-corrected chi connectivity index (χ3v) is 6.31. The molecule has 1 aromatic rings. The van der Waals surface area contributed by atoms with Crippen LogP contribution in [0.25, 0.3) is 0 Å². The topological polar surface area (TPSA) is 101 Å². The quantitative estimate of drug-likeness (QED) is 0.817. The number of sulfone groups is 1. The Bertz CT molecular complexity index is 728. The number of likely N-dealkylation sites (tertiary alicyclic amines) is 1. The van der Waals surface area contributed by atoms with E-state index >= 15 is 0 Å². The normalized spacial score (nSPS) is 19.3. The van der Waals surface area contributed by atoms with Gasteiger partial charge in [-0.3, -0.25) is 4.79 Å². The molecule has 1 aromatic carbocycles. The SMILES string of the molecule is COc1ccc(S(=O)(=O)CC(C)C(=O)N2CCCCC2C(=O)O)cc1. The Balaban J connectivity index is 2.12. The van der Waals surface area contributed by atoms with E-state index in [4.69, 9.17) is 4.74 Å². The van der Waals surface area contributed by atoms with Gasteiger partial charge in [-0.25, -0.2) is 13.2 Å². The summed E-state index contributed by atoms with van der Waals surface area (Å²) in [5.41, 5.74) is 0. The van der Waals surface area contributed by atoms with Crippen LogP contribution >= 0.6 is 0 Å². The van der Waals surface area contributed by atoms with Crippen molar-refractivity contribution in [2.45, 2.75) is 37.1 Å². The number of carboxylic acid groups (broad SMARTS) is 1. The van der Waals surface area contributed by atoms with Crippen LogP contribution in [0.4, 0.5) is 0 Å². The molecule has 25 heavy (non-hydrogen) atoms. The van der Waals surface area contributed by atoms with Gasteiger partial charge in [0.2, 0.25) is 5.91 Å². The molecular formula is C17H23NO6S. The van der Waals surface area contributed by atoms with Crippen molar-refractivity contribution in [3.63, 3.8) is 0 Å². The standard InChI is InChI=1S/C17H23NO6S/c1-12(16(19)18-10-4-3-5-15(18)17(20)21)11-25(22,23)14-8-6-13(24-2)7-9-14/h6-9,12,15H,3-5,10-11H2,1-2H3,(H,20,21). The Kier molecular flexibility index (Phi) is 6.05. The Morgan fingerprint density at radius 2 is 1.92 bits per heavy atom. The number of benzene rings is 1. The largest absolute Gasteiger partial charge is 0.497 e. The van der Waals surface area contributed by atoms with E-state index in [2.05, 4.69) is 0 Å². The van der Waals surface area contributed by atoms with Gasteiger partial charge in [0, 0.05) is 12.5 Å². The second-order valence-corrected chi connectivity index (χ2v) is 8.27. The number of nitrogens with zero attached hydrogens (tertiary/aromatic N) is 1. The molecular weight excluding hydrogens is 346 g/mol. The molecule has 1 N–H and O–H groups in total. The highest BCUT2D eigenvalue weighted by Gasteiger charge is 2.35. The van der Waals surface area contributed by atoms with Crippen LogP contribution in [0.1, 0.15) is 26.2 Å². The number of hydrogen-bond donors (Lipinski definition) is 1. The predicted octanol–water partition coefficient (Wildman–Crippen LogP) is 1.57. The average Bonchev–Trinajstić information content (AvgIpc) is 2.60. The minimum atomic E-state index is -3.66. The number of rotatable bonds is 6. The van der Waals surface area contributed by atoms with Crippen molar-refractivity contribution in [2.75, 3.05) is 19.4 Å². The average molecular weight is 369 g/mol. The Morgan fingerprint density at radius 1 is 1.28 bits per heavy atom. The summed E-state index contributed by atoms with van der Waals surface area (Å²) in [6, 6.07) is 5.10. The molecule has 1 amide bonds. The second-order valence-electron chi connectivity index (χ2n) is 6.24. The number of carbonyl (C=O) groups excluding carboxylic acids is 1. The Morgan fingerprint density at radius 3 is 2.48 bits per heavy atom. The zero-order valence-electron chi connectivity index (χ0n) is 14.3. The van der Waals surface area contributed by atoms with Gasteiger partial charge in [0.05, 0.1) is 17.8 Å². The first kappa shape index (κ1) is 19.2. The summed E-state index contributed by atoms with van der Waals surface area (Å²) < 4.78 is 30.0. The van der Waals surface area contributed by atoms with Crippen molar-refractivity contribution < 1.29 is 27.9 Å². The lowest BCUT2D eigenvalue weighted by Crippen LogP contribution is -2.50. The van der Waals surface area contributed by atoms with Gasteiger partial charge in [-0.15, -0.1) is 0 Å². The minimum Gasteiger partial charge on any atom is -0.497 e. The van der Waals surface area contributed by atoms with Gasteiger partial charge < -0.3 is 14.7 Å². The maximum Gasteiger partial charge on any atom is 0.326 e. The molecule has 2 atom stereocenters. The molecule has 0 spiro atoms. The number of piperidine rings is 1. The number of carboxylic acids is 1. The lowest BCUT2D eigenvalue weighted by atomic mass is 10.0. The first-order valence-corrected chi connectivity index (χ1v) is 9.81. The first-order valence-electron chi connectivity index (χ1n) is 8.16. The predicted molar refractivity (Wildman–Crippen MR) is 91.2 cm³/mol. The van der Waals surface area contributed by atoms with Crippen molar-refractivity contribution in [2.24, 2.45) is 5.92 Å². The summed E-state index contributed by atoms with van der Waals surface area (Å²) in [6.07, 6.45) is 1.88. The molecule has 2 rings (SSSR count). The zero-order valence-corrected chi connectivity index (χ0v) is 15.2. The summed E-state index contributed by atoms with van der Waals surface area (Å²) >= 11 is 0. The summed E-state index contributed by atoms with van der Waals surface area (Å²) in [7, 11) is -2.17. The van der Waals surface area contributed by atoms with Gasteiger partial charge in [-0.1, -0.05) is 6.92 Å². The zero-order chi connectivity index (χ0) is 18.6. The lowest BCUT2D eigenvalue weighted by molar-refractivity contribution is -0.153. The van der Waals surface area contributed by atoms with Gasteiger partial charge in [0.25, 0.3) is 0 Å². The molecule has 7 nitrogen and oxygen atoms in total. The van der Waals surface area contributed by atoms with Crippen LogP contribution in [0.2, 0.25) is 0 Å². The van der Waals surface area contributed by atoms with Gasteiger partial charge in [0.15, 0.2) is 9.84 Å². The molecule has 0 bridgehead atoms. The maximum absolute atomic E-state index is 12.6. The van der Waals surface area contributed by atoms with Crippen LogP contribution < -0.4 is 4.74 Å². The number of carbonyl (C=O) groups is 2. The van der Waals surface area contributed by atoms with Gasteiger partial charge in [-0.05, 0) is 43.5 Å². The third kappa shape index (κ3) is 4.50. The van der Waals surface area contributed by atoms with E-state index in [1.165, 1.54) is 31.1 Å². The highest BCUT2D eigenvalue weighted by molar-refractivity contribution is 7.91. The molecule has 2 unspecified atom stereocenters. The molecule has 1 fully saturated rings. The molecule has 1 saturated heterocycles. The number of aliphatic carboxylic acids is 1. The van der Waals surface area contributed by atoms with Crippen LogP contribution in [0, 0.1) is 5.92 Å². The molecule has 0 saturated carbocycles. The van der Waals surface area contributed by atoms with Gasteiger partial charge >= 0.3 is 5.97 Å². The Labute approximate surface area is 147 Å². The molecule has 138 valence electrons. The fraction of sp³-hybridized carbons (Fsp3) is 0.529. The smallest absolute Gasteiger partial charge is 0.326 e. The Hall–Kier alpha value is -2.09. The van der Waals surface area contributed by atoms with Crippen LogP contribution in [0.5, 0.6) is 5.75 Å². The van der Waals surface area contributed by atoms with E-state index in [1.807, 2.05) is 0 Å². The van der Waals surface area contributed by atoms with Crippen LogP contribution in [-0.4, -0.2) is 55.7 Å². The summed E-state index contributed by atoms with van der Waals surface area (Å²) in [5.74, 6) is -2.10. The minimum absolute atomic E-state index is 0.112. The fourth-order valence-electron chi connectivity index (χ4n) is 3.01. The van der Waals surface area contributed by atoms with Crippen LogP contribution in [0.15, 0.2) is 29.2 Å². The third-order valence-electron chi connectivity index (χ3n) is 4.38. The number of hydrogen-bond acceptors (Lipinski definition) is 5. The first-order chi connectivity index (χ1) is 11.8. The van der Waals surface area contributed by atoms with Crippen LogP contribution in [-0.2, 0) is 19.4 Å². The molecule has 1 aliphatic rings. The van der Waals surface area contributed by atoms with Crippen molar-refractivity contribution in [1.82, 2.24) is 4.90 Å². The molecule has 0 radical (unpaired) electrons. The molecule has 0 aromatic heterocycles. The van der Waals surface area contributed by atoms with Crippen molar-refractivity contribution in [1.29, 1.82) is 0 Å². The highest BCUT2D eigenvalue weighted by atomic mass is 32.2. The molecule has 1 aliphatic heterocycles. The van der Waals surface area contributed by atoms with E-state index in [1.54, 1.807) is 12.1 Å². The van der Waals surface area contributed by atoms with Gasteiger partial charge in [0.1, 0.15) is 11.8 Å². The van der Waals surface area contributed by atoms with Crippen molar-refractivity contribution in [3.05, 3.63) is 24.3 Å². The van der Waals surface area contributed by atoms with E-state index in [0.29, 0.717) is 18.7 Å². The molecule has 8 heteroatoms. The summed E-state index contributed by atoms with van der Waals surface area (Å²) in [5, 5.41) is 9.28. The number of ether oxygens (including phenoxy) is 1. The van der Waals surface area contributed by atoms with Gasteiger partial charge in [-0.2, -0.15) is 0 Å². The monoisotopic (exact) mass is 369 g/mol. The maximum atomic E-state index is 12.6. The van der Waals surface area contributed by atoms with Crippen molar-refractivity contribution in [3.8, 4) is 5.75 Å². The number of amides is 1. The van der Waals surface area contributed by atoms with Crippen LogP contribution in [0.3, 0.4) is 0 Å². The fourth-order valence-corrected chi connectivity index (χ4v) is 4.56. The van der Waals surface area contributed by atoms with E-state index in [-0.39, 0.29) is 10.6 Å². The highest BCUT2D eigenvalue weighted by Crippen LogP contribution is 2.23. The summed E-state index contributed by atoms with van der Waals surface area (Å²) in [6.45, 7) is 1.87. The molecule has 1 heterocycles. The lowest BCUT2D eigenvalue weighted by Gasteiger charge is -2.34. The van der Waals surface area contributed by atoms with Crippen molar-refractivity contribution >= 4 is 21.7 Å². The van der Waals surface area contributed by atoms with E-state index in [9.17, 15) is 23.1 Å².